The zero-order valence-corrected chi connectivity index (χ0v) is 12.6. The Hall–Kier alpha value is -1.27. The van der Waals surface area contributed by atoms with Crippen LogP contribution in [0.4, 0.5) is 11.5 Å². The quantitative estimate of drug-likeness (QED) is 0.771. The van der Waals surface area contributed by atoms with Crippen LogP contribution in [0.3, 0.4) is 0 Å². The minimum Gasteiger partial charge on any atom is -0.394 e. The van der Waals surface area contributed by atoms with Gasteiger partial charge < -0.3 is 20.1 Å². The number of rotatable bonds is 8. The van der Waals surface area contributed by atoms with Crippen LogP contribution in [0.25, 0.3) is 0 Å². The average Bonchev–Trinajstić information content (AvgIpc) is 2.67. The summed E-state index contributed by atoms with van der Waals surface area (Å²) in [5.41, 5.74) is 7.78. The molecule has 0 spiro atoms. The van der Waals surface area contributed by atoms with E-state index in [1.807, 2.05) is 11.6 Å². The molecule has 19 heavy (non-hydrogen) atoms. The molecule has 2 N–H and O–H groups in total. The van der Waals surface area contributed by atoms with Crippen molar-refractivity contribution >= 4 is 11.5 Å². The molecule has 0 aromatic carbocycles. The molecule has 1 unspecified atom stereocenters. The lowest BCUT2D eigenvalue weighted by atomic mass is 10.2. The van der Waals surface area contributed by atoms with Gasteiger partial charge in [0, 0.05) is 27.3 Å². The highest BCUT2D eigenvalue weighted by molar-refractivity contribution is 5.66. The first-order valence-electron chi connectivity index (χ1n) is 6.64. The van der Waals surface area contributed by atoms with E-state index in [0.29, 0.717) is 13.2 Å². The second-order valence-corrected chi connectivity index (χ2v) is 4.63. The van der Waals surface area contributed by atoms with Crippen molar-refractivity contribution in [3.05, 3.63) is 5.69 Å². The molecule has 1 heterocycles. The fourth-order valence-electron chi connectivity index (χ4n) is 2.16. The molecule has 6 nitrogen and oxygen atoms in total. The smallest absolute Gasteiger partial charge is 0.151 e. The first kappa shape index (κ1) is 15.8. The van der Waals surface area contributed by atoms with E-state index in [1.54, 1.807) is 14.2 Å². The number of nitrogens with zero attached hydrogens (tertiary/aromatic N) is 3. The lowest BCUT2D eigenvalue weighted by Gasteiger charge is -2.31. The molecule has 6 heteroatoms. The van der Waals surface area contributed by atoms with Gasteiger partial charge in [-0.2, -0.15) is 5.10 Å². The monoisotopic (exact) mass is 270 g/mol. The molecule has 0 aliphatic heterocycles. The van der Waals surface area contributed by atoms with E-state index in [2.05, 4.69) is 23.8 Å². The molecule has 1 aromatic heterocycles. The van der Waals surface area contributed by atoms with Crippen molar-refractivity contribution < 1.29 is 9.47 Å². The first-order chi connectivity index (χ1) is 9.06. The number of anilines is 2. The first-order valence-corrected chi connectivity index (χ1v) is 6.64. The van der Waals surface area contributed by atoms with Crippen molar-refractivity contribution in [1.82, 2.24) is 9.78 Å². The van der Waals surface area contributed by atoms with Crippen molar-refractivity contribution in [3.63, 3.8) is 0 Å². The van der Waals surface area contributed by atoms with Gasteiger partial charge in [0.05, 0.1) is 30.6 Å². The van der Waals surface area contributed by atoms with Crippen molar-refractivity contribution in [2.24, 2.45) is 0 Å². The molecule has 1 atom stereocenters. The summed E-state index contributed by atoms with van der Waals surface area (Å²) in [5, 5.41) is 4.47. The number of hydrogen-bond donors (Lipinski definition) is 1. The van der Waals surface area contributed by atoms with Crippen molar-refractivity contribution in [2.75, 3.05) is 44.6 Å². The third kappa shape index (κ3) is 3.61. The maximum Gasteiger partial charge on any atom is 0.151 e. The van der Waals surface area contributed by atoms with Crippen LogP contribution < -0.4 is 10.6 Å². The van der Waals surface area contributed by atoms with Crippen molar-refractivity contribution in [2.45, 2.75) is 33.4 Å². The van der Waals surface area contributed by atoms with Gasteiger partial charge in [0.1, 0.15) is 0 Å². The number of hydrogen-bond acceptors (Lipinski definition) is 5. The summed E-state index contributed by atoms with van der Waals surface area (Å²) in [5.74, 6) is 0.960. The zero-order valence-electron chi connectivity index (χ0n) is 12.6. The Kier molecular flexibility index (Phi) is 6.11. The Morgan fingerprint density at radius 3 is 2.58 bits per heavy atom. The van der Waals surface area contributed by atoms with E-state index in [4.69, 9.17) is 15.2 Å². The summed E-state index contributed by atoms with van der Waals surface area (Å²) < 4.78 is 12.4. The summed E-state index contributed by atoms with van der Waals surface area (Å²) in [6, 6.07) is 0.212. The van der Waals surface area contributed by atoms with E-state index in [-0.39, 0.29) is 6.04 Å². The number of nitrogen functional groups attached to an aromatic ring is 1. The summed E-state index contributed by atoms with van der Waals surface area (Å²) >= 11 is 0. The molecule has 0 aliphatic rings. The molecule has 1 rings (SSSR count). The molecule has 0 radical (unpaired) electrons. The third-order valence-electron chi connectivity index (χ3n) is 3.19. The second-order valence-electron chi connectivity index (χ2n) is 4.63. The zero-order chi connectivity index (χ0) is 14.4. The molecule has 0 saturated carbocycles. The molecule has 0 saturated heterocycles. The standard InChI is InChI=1S/C13H26N4O2/c1-6-17-13(12(14)11(3)15-17)16(7-8-18-4)10(2)9-19-5/h10H,6-9,14H2,1-5H3. The van der Waals surface area contributed by atoms with Crippen LogP contribution in [0.5, 0.6) is 0 Å². The number of nitrogens with two attached hydrogens (primary N) is 1. The third-order valence-corrected chi connectivity index (χ3v) is 3.19. The van der Waals surface area contributed by atoms with Gasteiger partial charge in [0.2, 0.25) is 0 Å². The highest BCUT2D eigenvalue weighted by atomic mass is 16.5. The average molecular weight is 270 g/mol. The van der Waals surface area contributed by atoms with Gasteiger partial charge >= 0.3 is 0 Å². The largest absolute Gasteiger partial charge is 0.394 e. The lowest BCUT2D eigenvalue weighted by molar-refractivity contribution is 0.170. The normalized spacial score (nSPS) is 12.7. The van der Waals surface area contributed by atoms with Gasteiger partial charge in [-0.25, -0.2) is 4.68 Å². The van der Waals surface area contributed by atoms with E-state index >= 15 is 0 Å². The van der Waals surface area contributed by atoms with Crippen LogP contribution in [-0.2, 0) is 16.0 Å². The summed E-state index contributed by atoms with van der Waals surface area (Å²) in [4.78, 5) is 2.20. The van der Waals surface area contributed by atoms with Crippen LogP contribution in [0.2, 0.25) is 0 Å². The van der Waals surface area contributed by atoms with Gasteiger partial charge in [0.15, 0.2) is 5.82 Å². The predicted molar refractivity (Wildman–Crippen MR) is 77.6 cm³/mol. The fourth-order valence-corrected chi connectivity index (χ4v) is 2.16. The molecule has 0 aliphatic carbocycles. The van der Waals surface area contributed by atoms with E-state index in [1.165, 1.54) is 0 Å². The molecular formula is C13H26N4O2. The van der Waals surface area contributed by atoms with E-state index in [0.717, 1.165) is 30.3 Å². The minimum atomic E-state index is 0.212. The Balaban J connectivity index is 3.08. The second kappa shape index (κ2) is 7.35. The number of aromatic nitrogens is 2. The predicted octanol–water partition coefficient (Wildman–Crippen LogP) is 1.28. The summed E-state index contributed by atoms with van der Waals surface area (Å²) in [7, 11) is 3.40. The van der Waals surface area contributed by atoms with Crippen LogP contribution in [0.15, 0.2) is 0 Å². The SMILES string of the molecule is CCn1nc(C)c(N)c1N(CCOC)C(C)COC. The van der Waals surface area contributed by atoms with Crippen molar-refractivity contribution in [1.29, 1.82) is 0 Å². The van der Waals surface area contributed by atoms with Gasteiger partial charge in [-0.05, 0) is 20.8 Å². The lowest BCUT2D eigenvalue weighted by Crippen LogP contribution is -2.40. The topological polar surface area (TPSA) is 65.5 Å². The number of methoxy groups -OCH3 is 2. The fraction of sp³-hybridized carbons (Fsp3) is 0.769. The van der Waals surface area contributed by atoms with E-state index < -0.39 is 0 Å². The maximum atomic E-state index is 6.18. The van der Waals surface area contributed by atoms with Crippen LogP contribution in [0, 0.1) is 6.92 Å². The van der Waals surface area contributed by atoms with Gasteiger partial charge in [-0.15, -0.1) is 0 Å². The summed E-state index contributed by atoms with van der Waals surface area (Å²) in [6.07, 6.45) is 0. The highest BCUT2D eigenvalue weighted by Gasteiger charge is 2.22. The highest BCUT2D eigenvalue weighted by Crippen LogP contribution is 2.28. The van der Waals surface area contributed by atoms with Crippen LogP contribution in [0.1, 0.15) is 19.5 Å². The molecular weight excluding hydrogens is 244 g/mol. The Bertz CT molecular complexity index is 392. The molecule has 1 aromatic rings. The Morgan fingerprint density at radius 1 is 1.37 bits per heavy atom. The van der Waals surface area contributed by atoms with Gasteiger partial charge in [-0.3, -0.25) is 0 Å². The molecule has 0 bridgehead atoms. The van der Waals surface area contributed by atoms with E-state index in [9.17, 15) is 0 Å². The Labute approximate surface area is 115 Å². The molecule has 0 amide bonds. The summed E-state index contributed by atoms with van der Waals surface area (Å²) in [6.45, 7) is 8.93. The van der Waals surface area contributed by atoms with Gasteiger partial charge in [0.25, 0.3) is 0 Å². The van der Waals surface area contributed by atoms with Crippen molar-refractivity contribution in [3.8, 4) is 0 Å². The van der Waals surface area contributed by atoms with Crippen LogP contribution >= 0.6 is 0 Å². The van der Waals surface area contributed by atoms with Crippen LogP contribution in [-0.4, -0.2) is 49.8 Å². The Morgan fingerprint density at radius 2 is 2.05 bits per heavy atom. The molecule has 0 fully saturated rings. The molecule has 110 valence electrons. The van der Waals surface area contributed by atoms with Gasteiger partial charge in [-0.1, -0.05) is 0 Å². The minimum absolute atomic E-state index is 0.212. The number of ether oxygens (including phenoxy) is 2. The maximum absolute atomic E-state index is 6.18. The number of aryl methyl sites for hydroxylation is 2.